The van der Waals surface area contributed by atoms with Crippen LogP contribution in [0.15, 0.2) is 29.1 Å². The molecule has 0 aliphatic rings. The standard InChI is InChI=1S/C19H20N4O3/c1-10-16(11(2)20-17(10)12(3)24)19(26)23(4)9-15-21-14-8-6-5-7-13(14)18(25)22-15/h5-8,20H,9H2,1-4H3,(H,21,22,25). The van der Waals surface area contributed by atoms with Crippen molar-refractivity contribution in [3.05, 3.63) is 63.0 Å². The smallest absolute Gasteiger partial charge is 0.258 e. The summed E-state index contributed by atoms with van der Waals surface area (Å²) in [4.78, 5) is 48.3. The van der Waals surface area contributed by atoms with Gasteiger partial charge in [-0.05, 0) is 31.5 Å². The van der Waals surface area contributed by atoms with E-state index >= 15 is 0 Å². The Morgan fingerprint density at radius 1 is 1.15 bits per heavy atom. The van der Waals surface area contributed by atoms with Crippen LogP contribution < -0.4 is 5.56 Å². The summed E-state index contributed by atoms with van der Waals surface area (Å²) in [6, 6.07) is 7.05. The minimum absolute atomic E-state index is 0.118. The van der Waals surface area contributed by atoms with Crippen LogP contribution in [0.2, 0.25) is 0 Å². The maximum Gasteiger partial charge on any atom is 0.258 e. The fraction of sp³-hybridized carbons (Fsp3) is 0.263. The van der Waals surface area contributed by atoms with Crippen LogP contribution in [-0.2, 0) is 6.54 Å². The molecule has 134 valence electrons. The number of para-hydroxylation sites is 1. The van der Waals surface area contributed by atoms with Crippen molar-refractivity contribution in [3.8, 4) is 0 Å². The van der Waals surface area contributed by atoms with Gasteiger partial charge in [0.2, 0.25) is 0 Å². The number of aromatic nitrogens is 3. The van der Waals surface area contributed by atoms with E-state index in [0.29, 0.717) is 39.2 Å². The van der Waals surface area contributed by atoms with Gasteiger partial charge in [-0.15, -0.1) is 0 Å². The zero-order valence-corrected chi connectivity index (χ0v) is 15.1. The highest BCUT2D eigenvalue weighted by Gasteiger charge is 2.23. The average molecular weight is 352 g/mol. The Hall–Kier alpha value is -3.22. The van der Waals surface area contributed by atoms with Crippen LogP contribution in [0.25, 0.3) is 10.9 Å². The molecule has 0 bridgehead atoms. The summed E-state index contributed by atoms with van der Waals surface area (Å²) in [6.45, 7) is 5.12. The Kier molecular flexibility index (Phi) is 4.46. The number of Topliss-reactive ketones (excluding diaryl/α,β-unsaturated/α-hetero) is 1. The first-order chi connectivity index (χ1) is 12.3. The molecule has 7 nitrogen and oxygen atoms in total. The van der Waals surface area contributed by atoms with Crippen LogP contribution >= 0.6 is 0 Å². The molecular weight excluding hydrogens is 332 g/mol. The molecule has 0 spiro atoms. The molecule has 0 radical (unpaired) electrons. The Balaban J connectivity index is 1.91. The summed E-state index contributed by atoms with van der Waals surface area (Å²) in [5.74, 6) is 0.0505. The molecule has 0 saturated heterocycles. The minimum atomic E-state index is -0.237. The van der Waals surface area contributed by atoms with E-state index in [-0.39, 0.29) is 23.8 Å². The molecule has 2 N–H and O–H groups in total. The maximum atomic E-state index is 12.8. The number of ketones is 1. The lowest BCUT2D eigenvalue weighted by Gasteiger charge is -2.17. The van der Waals surface area contributed by atoms with E-state index in [2.05, 4.69) is 15.0 Å². The largest absolute Gasteiger partial charge is 0.355 e. The monoisotopic (exact) mass is 352 g/mol. The maximum absolute atomic E-state index is 12.8. The van der Waals surface area contributed by atoms with E-state index in [9.17, 15) is 14.4 Å². The summed E-state index contributed by atoms with van der Waals surface area (Å²) in [5.41, 5.74) is 2.54. The molecule has 3 rings (SSSR count). The van der Waals surface area contributed by atoms with E-state index in [1.54, 1.807) is 39.1 Å². The number of nitrogens with one attached hydrogen (secondary N) is 2. The second-order valence-electron chi connectivity index (χ2n) is 6.37. The molecule has 0 fully saturated rings. The van der Waals surface area contributed by atoms with Crippen LogP contribution in [0.4, 0.5) is 0 Å². The van der Waals surface area contributed by atoms with Crippen molar-refractivity contribution in [2.45, 2.75) is 27.3 Å². The molecule has 7 heteroatoms. The molecule has 0 atom stereocenters. The topological polar surface area (TPSA) is 98.9 Å². The van der Waals surface area contributed by atoms with Gasteiger partial charge in [0, 0.05) is 19.7 Å². The molecule has 1 amide bonds. The van der Waals surface area contributed by atoms with Gasteiger partial charge < -0.3 is 14.9 Å². The summed E-state index contributed by atoms with van der Waals surface area (Å²) in [5, 5.41) is 0.508. The van der Waals surface area contributed by atoms with Crippen molar-refractivity contribution in [2.75, 3.05) is 7.05 Å². The molecule has 0 aliphatic heterocycles. The van der Waals surface area contributed by atoms with Crippen LogP contribution in [0.1, 0.15) is 44.9 Å². The third-order valence-electron chi connectivity index (χ3n) is 4.40. The predicted octanol–water partition coefficient (Wildman–Crippen LogP) is 2.34. The lowest BCUT2D eigenvalue weighted by molar-refractivity contribution is 0.0780. The van der Waals surface area contributed by atoms with Gasteiger partial charge in [-0.2, -0.15) is 0 Å². The van der Waals surface area contributed by atoms with Gasteiger partial charge >= 0.3 is 0 Å². The highest BCUT2D eigenvalue weighted by Crippen LogP contribution is 2.20. The lowest BCUT2D eigenvalue weighted by Crippen LogP contribution is -2.29. The summed E-state index contributed by atoms with van der Waals surface area (Å²) in [6.07, 6.45) is 0. The number of carbonyl (C=O) groups is 2. The molecule has 0 unspecified atom stereocenters. The Bertz CT molecular complexity index is 1080. The van der Waals surface area contributed by atoms with Gasteiger partial charge in [-0.1, -0.05) is 12.1 Å². The fourth-order valence-corrected chi connectivity index (χ4v) is 3.12. The second kappa shape index (κ2) is 6.59. The van der Waals surface area contributed by atoms with E-state index < -0.39 is 0 Å². The zero-order chi connectivity index (χ0) is 19.0. The first-order valence-electron chi connectivity index (χ1n) is 8.23. The van der Waals surface area contributed by atoms with E-state index in [1.165, 1.54) is 11.8 Å². The normalized spacial score (nSPS) is 10.9. The van der Waals surface area contributed by atoms with Crippen LogP contribution in [0.5, 0.6) is 0 Å². The number of H-pyrrole nitrogens is 2. The van der Waals surface area contributed by atoms with Crippen molar-refractivity contribution in [1.82, 2.24) is 19.9 Å². The highest BCUT2D eigenvalue weighted by molar-refractivity contribution is 6.02. The SMILES string of the molecule is CC(=O)c1[nH]c(C)c(C(=O)N(C)Cc2nc3ccccc3c(=O)[nH]2)c1C. The summed E-state index contributed by atoms with van der Waals surface area (Å²) >= 11 is 0. The van der Waals surface area contributed by atoms with Crippen molar-refractivity contribution < 1.29 is 9.59 Å². The number of benzene rings is 1. The van der Waals surface area contributed by atoms with Crippen LogP contribution in [0.3, 0.4) is 0 Å². The summed E-state index contributed by atoms with van der Waals surface area (Å²) < 4.78 is 0. The molecule has 26 heavy (non-hydrogen) atoms. The number of nitrogens with zero attached hydrogens (tertiary/aromatic N) is 2. The zero-order valence-electron chi connectivity index (χ0n) is 15.1. The quantitative estimate of drug-likeness (QED) is 0.704. The molecule has 2 aromatic heterocycles. The van der Waals surface area contributed by atoms with Gasteiger partial charge in [0.1, 0.15) is 5.82 Å². The number of amides is 1. The van der Waals surface area contributed by atoms with Gasteiger partial charge in [0.15, 0.2) is 5.78 Å². The molecule has 0 aliphatic carbocycles. The van der Waals surface area contributed by atoms with Crippen LogP contribution in [-0.4, -0.2) is 38.6 Å². The Labute approximate surface area is 150 Å². The lowest BCUT2D eigenvalue weighted by atomic mass is 10.1. The highest BCUT2D eigenvalue weighted by atomic mass is 16.2. The number of fused-ring (bicyclic) bond motifs is 1. The number of rotatable bonds is 4. The number of hydrogen-bond donors (Lipinski definition) is 2. The fourth-order valence-electron chi connectivity index (χ4n) is 3.12. The molecule has 1 aromatic carbocycles. The van der Waals surface area contributed by atoms with E-state index in [4.69, 9.17) is 0 Å². The predicted molar refractivity (Wildman–Crippen MR) is 98.4 cm³/mol. The first-order valence-corrected chi connectivity index (χ1v) is 8.23. The molecule has 0 saturated carbocycles. The van der Waals surface area contributed by atoms with Crippen molar-refractivity contribution in [2.24, 2.45) is 0 Å². The minimum Gasteiger partial charge on any atom is -0.355 e. The molecule has 2 heterocycles. The van der Waals surface area contributed by atoms with E-state index in [1.807, 2.05) is 6.07 Å². The Morgan fingerprint density at radius 3 is 2.50 bits per heavy atom. The van der Waals surface area contributed by atoms with E-state index in [0.717, 1.165) is 0 Å². The number of hydrogen-bond acceptors (Lipinski definition) is 4. The molecule has 3 aromatic rings. The third kappa shape index (κ3) is 3.03. The number of carbonyl (C=O) groups excluding carboxylic acids is 2. The van der Waals surface area contributed by atoms with Crippen molar-refractivity contribution >= 4 is 22.6 Å². The Morgan fingerprint density at radius 2 is 1.85 bits per heavy atom. The van der Waals surface area contributed by atoms with Crippen molar-refractivity contribution in [1.29, 1.82) is 0 Å². The second-order valence-corrected chi connectivity index (χ2v) is 6.37. The first kappa shape index (κ1) is 17.6. The van der Waals surface area contributed by atoms with Gasteiger partial charge in [0.05, 0.1) is 28.7 Å². The average Bonchev–Trinajstić information content (AvgIpc) is 2.89. The van der Waals surface area contributed by atoms with Crippen LogP contribution in [0, 0.1) is 13.8 Å². The summed E-state index contributed by atoms with van der Waals surface area (Å²) in [7, 11) is 1.64. The number of aryl methyl sites for hydroxylation is 1. The third-order valence-corrected chi connectivity index (χ3v) is 4.40. The molecular formula is C19H20N4O3. The van der Waals surface area contributed by atoms with Gasteiger partial charge in [-0.25, -0.2) is 4.98 Å². The van der Waals surface area contributed by atoms with Gasteiger partial charge in [-0.3, -0.25) is 14.4 Å². The van der Waals surface area contributed by atoms with Gasteiger partial charge in [0.25, 0.3) is 11.5 Å². The van der Waals surface area contributed by atoms with Crippen molar-refractivity contribution in [3.63, 3.8) is 0 Å². The number of aromatic amines is 2.